The van der Waals surface area contributed by atoms with Gasteiger partial charge >= 0.3 is 0 Å². The van der Waals surface area contributed by atoms with Crippen molar-refractivity contribution in [3.63, 3.8) is 0 Å². The van der Waals surface area contributed by atoms with Crippen LogP contribution in [0.2, 0.25) is 0 Å². The number of nitrogen functional groups attached to an aromatic ring is 1. The molecule has 3 aromatic rings. The molecule has 0 atom stereocenters. The monoisotopic (exact) mass is 242 g/mol. The molecule has 1 aromatic carbocycles. The van der Waals surface area contributed by atoms with E-state index in [-0.39, 0.29) is 0 Å². The average molecular weight is 242 g/mol. The van der Waals surface area contributed by atoms with Crippen LogP contribution in [0.3, 0.4) is 0 Å². The number of hydrogen-bond donors (Lipinski definition) is 3. The summed E-state index contributed by atoms with van der Waals surface area (Å²) in [5.41, 5.74) is 8.78. The molecule has 0 aliphatic heterocycles. The van der Waals surface area contributed by atoms with Crippen LogP contribution in [0.15, 0.2) is 30.5 Å². The van der Waals surface area contributed by atoms with Gasteiger partial charge in [0, 0.05) is 19.2 Å². The molecule has 18 heavy (non-hydrogen) atoms. The largest absolute Gasteiger partial charge is 0.384 e. The number of fused-ring (bicyclic) bond motifs is 1. The zero-order valence-electron chi connectivity index (χ0n) is 10.0. The number of nitrogens with one attached hydrogen (secondary N) is 2. The lowest BCUT2D eigenvalue weighted by atomic mass is 10.3. The molecule has 0 radical (unpaired) electrons. The predicted molar refractivity (Wildman–Crippen MR) is 71.0 cm³/mol. The van der Waals surface area contributed by atoms with Gasteiger partial charge in [0.1, 0.15) is 5.82 Å². The Morgan fingerprint density at radius 2 is 2.22 bits per heavy atom. The first-order chi connectivity index (χ1) is 8.74. The number of hydrogen-bond acceptors (Lipinski definition) is 4. The fraction of sp³-hybridized carbons (Fsp3) is 0.167. The van der Waals surface area contributed by atoms with Gasteiger partial charge in [-0.25, -0.2) is 4.98 Å². The van der Waals surface area contributed by atoms with Gasteiger partial charge in [-0.1, -0.05) is 12.1 Å². The summed E-state index contributed by atoms with van der Waals surface area (Å²) in [6.07, 6.45) is 1.75. The maximum absolute atomic E-state index is 5.87. The van der Waals surface area contributed by atoms with Crippen molar-refractivity contribution in [2.75, 3.05) is 11.1 Å². The van der Waals surface area contributed by atoms with Crippen LogP contribution < -0.4 is 11.1 Å². The second-order valence-electron chi connectivity index (χ2n) is 4.13. The molecule has 0 spiro atoms. The summed E-state index contributed by atoms with van der Waals surface area (Å²) >= 11 is 0. The average Bonchev–Trinajstić information content (AvgIpc) is 2.92. The summed E-state index contributed by atoms with van der Waals surface area (Å²) in [4.78, 5) is 7.63. The summed E-state index contributed by atoms with van der Waals surface area (Å²) in [5, 5.41) is 7.30. The van der Waals surface area contributed by atoms with Crippen LogP contribution in [-0.2, 0) is 13.6 Å². The first kappa shape index (κ1) is 10.6. The fourth-order valence-corrected chi connectivity index (χ4v) is 1.84. The van der Waals surface area contributed by atoms with Gasteiger partial charge in [0.2, 0.25) is 5.95 Å². The topological polar surface area (TPSA) is 84.5 Å². The van der Waals surface area contributed by atoms with E-state index in [0.717, 1.165) is 22.5 Å². The van der Waals surface area contributed by atoms with E-state index in [4.69, 9.17) is 5.73 Å². The number of aromatic amines is 1. The van der Waals surface area contributed by atoms with Crippen molar-refractivity contribution in [3.05, 3.63) is 36.0 Å². The van der Waals surface area contributed by atoms with Gasteiger partial charge in [0.25, 0.3) is 0 Å². The number of H-pyrrole nitrogens is 1. The van der Waals surface area contributed by atoms with Crippen molar-refractivity contribution in [3.8, 4) is 0 Å². The Morgan fingerprint density at radius 3 is 2.94 bits per heavy atom. The minimum absolute atomic E-state index is 0.597. The second kappa shape index (κ2) is 4.06. The number of aromatic nitrogens is 4. The number of imidazole rings is 1. The SMILES string of the molecule is Cn1ncc(CNc2nc3ccccc3[nH]2)c1N. The highest BCUT2D eigenvalue weighted by molar-refractivity contribution is 5.77. The Morgan fingerprint density at radius 1 is 1.39 bits per heavy atom. The maximum Gasteiger partial charge on any atom is 0.201 e. The van der Waals surface area contributed by atoms with E-state index in [9.17, 15) is 0 Å². The molecule has 0 saturated carbocycles. The number of nitrogens with two attached hydrogens (primary N) is 1. The number of anilines is 2. The van der Waals surface area contributed by atoms with Crippen molar-refractivity contribution < 1.29 is 0 Å². The van der Waals surface area contributed by atoms with E-state index >= 15 is 0 Å². The van der Waals surface area contributed by atoms with Crippen LogP contribution in [0.4, 0.5) is 11.8 Å². The van der Waals surface area contributed by atoms with Gasteiger partial charge in [0.05, 0.1) is 17.2 Å². The van der Waals surface area contributed by atoms with Crippen LogP contribution in [0, 0.1) is 0 Å². The van der Waals surface area contributed by atoms with Crippen molar-refractivity contribution in [1.29, 1.82) is 0 Å². The molecule has 0 aliphatic rings. The number of rotatable bonds is 3. The third kappa shape index (κ3) is 1.77. The van der Waals surface area contributed by atoms with Crippen LogP contribution >= 0.6 is 0 Å². The molecule has 0 amide bonds. The van der Waals surface area contributed by atoms with Crippen molar-refractivity contribution in [2.45, 2.75) is 6.54 Å². The minimum atomic E-state index is 0.597. The third-order valence-electron chi connectivity index (χ3n) is 2.90. The molecule has 0 bridgehead atoms. The molecule has 0 unspecified atom stereocenters. The molecule has 2 heterocycles. The first-order valence-electron chi connectivity index (χ1n) is 5.69. The zero-order valence-corrected chi connectivity index (χ0v) is 10.0. The number of benzene rings is 1. The second-order valence-corrected chi connectivity index (χ2v) is 4.13. The summed E-state index contributed by atoms with van der Waals surface area (Å²) in [5.74, 6) is 1.40. The van der Waals surface area contributed by atoms with E-state index in [1.165, 1.54) is 0 Å². The predicted octanol–water partition coefficient (Wildman–Crippen LogP) is 1.49. The third-order valence-corrected chi connectivity index (χ3v) is 2.90. The summed E-state index contributed by atoms with van der Waals surface area (Å²) in [6.45, 7) is 0.597. The molecule has 0 aliphatic carbocycles. The van der Waals surface area contributed by atoms with Gasteiger partial charge in [-0.2, -0.15) is 5.10 Å². The van der Waals surface area contributed by atoms with E-state index in [1.54, 1.807) is 10.9 Å². The van der Waals surface area contributed by atoms with E-state index in [2.05, 4.69) is 20.4 Å². The lowest BCUT2D eigenvalue weighted by molar-refractivity contribution is 0.778. The smallest absolute Gasteiger partial charge is 0.201 e. The summed E-state index contributed by atoms with van der Waals surface area (Å²) in [6, 6.07) is 7.90. The van der Waals surface area contributed by atoms with Crippen LogP contribution in [0.5, 0.6) is 0 Å². The van der Waals surface area contributed by atoms with E-state index in [0.29, 0.717) is 12.4 Å². The normalized spacial score (nSPS) is 10.9. The summed E-state index contributed by atoms with van der Waals surface area (Å²) < 4.78 is 1.65. The van der Waals surface area contributed by atoms with Crippen molar-refractivity contribution in [1.82, 2.24) is 19.7 Å². The molecule has 3 rings (SSSR count). The molecule has 4 N–H and O–H groups in total. The lowest BCUT2D eigenvalue weighted by Crippen LogP contribution is -2.04. The maximum atomic E-state index is 5.87. The van der Waals surface area contributed by atoms with Crippen LogP contribution in [0.25, 0.3) is 11.0 Å². The van der Waals surface area contributed by atoms with Crippen molar-refractivity contribution in [2.24, 2.45) is 7.05 Å². The highest BCUT2D eigenvalue weighted by Crippen LogP contribution is 2.15. The molecule has 6 heteroatoms. The Kier molecular flexibility index (Phi) is 2.40. The zero-order chi connectivity index (χ0) is 12.5. The van der Waals surface area contributed by atoms with Gasteiger partial charge in [-0.05, 0) is 12.1 Å². The number of aryl methyl sites for hydroxylation is 1. The van der Waals surface area contributed by atoms with Gasteiger partial charge in [0.15, 0.2) is 0 Å². The number of nitrogens with zero attached hydrogens (tertiary/aromatic N) is 3. The molecule has 0 fully saturated rings. The standard InChI is InChI=1S/C12H14N6/c1-18-11(13)8(7-15-18)6-14-12-16-9-4-2-3-5-10(9)17-12/h2-5,7H,6,13H2,1H3,(H2,14,16,17). The molecule has 6 nitrogen and oxygen atoms in total. The Bertz CT molecular complexity index is 648. The highest BCUT2D eigenvalue weighted by atomic mass is 15.3. The minimum Gasteiger partial charge on any atom is -0.384 e. The van der Waals surface area contributed by atoms with Gasteiger partial charge < -0.3 is 16.0 Å². The summed E-state index contributed by atoms with van der Waals surface area (Å²) in [7, 11) is 1.82. The Hall–Kier alpha value is -2.50. The van der Waals surface area contributed by atoms with Gasteiger partial charge in [-0.15, -0.1) is 0 Å². The van der Waals surface area contributed by atoms with E-state index in [1.807, 2.05) is 31.3 Å². The van der Waals surface area contributed by atoms with Gasteiger partial charge in [-0.3, -0.25) is 4.68 Å². The quantitative estimate of drug-likeness (QED) is 0.649. The lowest BCUT2D eigenvalue weighted by Gasteiger charge is -2.01. The van der Waals surface area contributed by atoms with Crippen molar-refractivity contribution >= 4 is 22.8 Å². The molecular formula is C12H14N6. The molecule has 0 saturated heterocycles. The number of para-hydroxylation sites is 2. The van der Waals surface area contributed by atoms with Crippen LogP contribution in [0.1, 0.15) is 5.56 Å². The Labute approximate surface area is 104 Å². The molecule has 92 valence electrons. The first-order valence-corrected chi connectivity index (χ1v) is 5.69. The highest BCUT2D eigenvalue weighted by Gasteiger charge is 2.06. The molecule has 2 aromatic heterocycles. The fourth-order valence-electron chi connectivity index (χ4n) is 1.84. The van der Waals surface area contributed by atoms with E-state index < -0.39 is 0 Å². The Balaban J connectivity index is 1.79. The molecular weight excluding hydrogens is 228 g/mol. The van der Waals surface area contributed by atoms with Crippen LogP contribution in [-0.4, -0.2) is 19.7 Å².